The van der Waals surface area contributed by atoms with Crippen molar-refractivity contribution in [2.45, 2.75) is 31.9 Å². The standard InChI is InChI=1S/C10H14F3NO5S/c1-3-7(2)18-9(15)14-5-4-8(6-14)19-20(16,17)10(11,12)13/h4,7H,3,5-6H2,1-2H3. The number of amides is 1. The second-order valence-electron chi connectivity index (χ2n) is 4.14. The summed E-state index contributed by atoms with van der Waals surface area (Å²) in [4.78, 5) is 12.6. The average molecular weight is 317 g/mol. The molecular weight excluding hydrogens is 303 g/mol. The van der Waals surface area contributed by atoms with Crippen LogP contribution in [0.1, 0.15) is 20.3 Å². The Morgan fingerprint density at radius 1 is 1.50 bits per heavy atom. The van der Waals surface area contributed by atoms with Crippen molar-refractivity contribution in [1.29, 1.82) is 0 Å². The number of alkyl halides is 3. The lowest BCUT2D eigenvalue weighted by molar-refractivity contribution is -0.0523. The molecule has 0 saturated carbocycles. The van der Waals surface area contributed by atoms with Crippen molar-refractivity contribution in [2.75, 3.05) is 13.1 Å². The Hall–Kier alpha value is -1.45. The van der Waals surface area contributed by atoms with Gasteiger partial charge in [-0.15, -0.1) is 0 Å². The first kappa shape index (κ1) is 16.6. The van der Waals surface area contributed by atoms with Gasteiger partial charge in [0.05, 0.1) is 6.54 Å². The number of ether oxygens (including phenoxy) is 1. The third-order valence-corrected chi connectivity index (χ3v) is 3.52. The number of carbonyl (C=O) groups is 1. The van der Waals surface area contributed by atoms with E-state index in [0.29, 0.717) is 6.42 Å². The molecule has 0 aromatic rings. The normalized spacial score (nSPS) is 17.6. The van der Waals surface area contributed by atoms with E-state index >= 15 is 0 Å². The average Bonchev–Trinajstić information content (AvgIpc) is 2.75. The van der Waals surface area contributed by atoms with Crippen molar-refractivity contribution in [2.24, 2.45) is 0 Å². The molecule has 1 rings (SSSR count). The molecule has 0 N–H and O–H groups in total. The van der Waals surface area contributed by atoms with Gasteiger partial charge in [0.1, 0.15) is 11.9 Å². The van der Waals surface area contributed by atoms with Crippen molar-refractivity contribution < 1.29 is 35.3 Å². The van der Waals surface area contributed by atoms with Crippen molar-refractivity contribution in [3.8, 4) is 0 Å². The monoisotopic (exact) mass is 317 g/mol. The van der Waals surface area contributed by atoms with Gasteiger partial charge in [-0.25, -0.2) is 4.79 Å². The molecule has 0 radical (unpaired) electrons. The first-order valence-electron chi connectivity index (χ1n) is 5.72. The van der Waals surface area contributed by atoms with Gasteiger partial charge in [0.15, 0.2) is 0 Å². The van der Waals surface area contributed by atoms with Gasteiger partial charge in [-0.2, -0.15) is 21.6 Å². The molecule has 1 unspecified atom stereocenters. The fourth-order valence-corrected chi connectivity index (χ4v) is 1.74. The minimum absolute atomic E-state index is 0.0715. The Morgan fingerprint density at radius 2 is 2.10 bits per heavy atom. The highest BCUT2D eigenvalue weighted by molar-refractivity contribution is 7.87. The zero-order chi connectivity index (χ0) is 15.6. The molecule has 1 aliphatic heterocycles. The minimum atomic E-state index is -5.71. The summed E-state index contributed by atoms with van der Waals surface area (Å²) in [6, 6.07) is 0. The van der Waals surface area contributed by atoms with E-state index in [4.69, 9.17) is 4.74 Å². The first-order chi connectivity index (χ1) is 9.06. The molecule has 0 aromatic carbocycles. The summed E-state index contributed by atoms with van der Waals surface area (Å²) < 4.78 is 66.8. The van der Waals surface area contributed by atoms with E-state index < -0.39 is 27.5 Å². The van der Waals surface area contributed by atoms with Crippen molar-refractivity contribution in [1.82, 2.24) is 4.90 Å². The minimum Gasteiger partial charge on any atom is -0.446 e. The Kier molecular flexibility index (Phi) is 4.90. The van der Waals surface area contributed by atoms with E-state index in [1.54, 1.807) is 13.8 Å². The van der Waals surface area contributed by atoms with Gasteiger partial charge in [-0.05, 0) is 19.4 Å². The zero-order valence-corrected chi connectivity index (χ0v) is 11.6. The lowest BCUT2D eigenvalue weighted by atomic mass is 10.3. The van der Waals surface area contributed by atoms with Crippen LogP contribution in [0.5, 0.6) is 0 Å². The highest BCUT2D eigenvalue weighted by Gasteiger charge is 2.49. The maximum absolute atomic E-state index is 12.1. The highest BCUT2D eigenvalue weighted by atomic mass is 32.2. The number of hydrogen-bond acceptors (Lipinski definition) is 5. The molecule has 0 bridgehead atoms. The van der Waals surface area contributed by atoms with Crippen LogP contribution in [0, 0.1) is 0 Å². The van der Waals surface area contributed by atoms with Gasteiger partial charge >= 0.3 is 21.7 Å². The molecule has 0 saturated heterocycles. The predicted molar refractivity (Wildman–Crippen MR) is 61.9 cm³/mol. The van der Waals surface area contributed by atoms with Gasteiger partial charge < -0.3 is 8.92 Å². The van der Waals surface area contributed by atoms with Crippen molar-refractivity contribution >= 4 is 16.2 Å². The molecule has 20 heavy (non-hydrogen) atoms. The quantitative estimate of drug-likeness (QED) is 0.585. The van der Waals surface area contributed by atoms with E-state index in [1.807, 2.05) is 0 Å². The molecule has 1 amide bonds. The molecule has 0 aliphatic carbocycles. The molecular formula is C10H14F3NO5S. The second kappa shape index (κ2) is 5.90. The molecule has 1 aliphatic rings. The molecule has 116 valence electrons. The van der Waals surface area contributed by atoms with Gasteiger partial charge in [0, 0.05) is 6.54 Å². The summed E-state index contributed by atoms with van der Waals surface area (Å²) in [7, 11) is -5.71. The summed E-state index contributed by atoms with van der Waals surface area (Å²) in [5, 5.41) is 0. The second-order valence-corrected chi connectivity index (χ2v) is 5.67. The van der Waals surface area contributed by atoms with Crippen molar-refractivity contribution in [3.05, 3.63) is 11.8 Å². The third-order valence-electron chi connectivity index (χ3n) is 2.52. The summed E-state index contributed by atoms with van der Waals surface area (Å²) in [5.41, 5.74) is -5.50. The van der Waals surface area contributed by atoms with Crippen LogP contribution in [0.15, 0.2) is 11.8 Å². The maximum Gasteiger partial charge on any atom is 0.534 e. The van der Waals surface area contributed by atoms with Crippen LogP contribution in [-0.2, 0) is 19.0 Å². The Labute approximate surface area is 114 Å². The van der Waals surface area contributed by atoms with Crippen LogP contribution >= 0.6 is 0 Å². The van der Waals surface area contributed by atoms with Crippen LogP contribution in [0.2, 0.25) is 0 Å². The summed E-state index contributed by atoms with van der Waals surface area (Å²) in [5.74, 6) is -0.455. The molecule has 1 heterocycles. The Balaban J connectivity index is 2.58. The lowest BCUT2D eigenvalue weighted by Gasteiger charge is -2.19. The highest BCUT2D eigenvalue weighted by Crippen LogP contribution is 2.27. The van der Waals surface area contributed by atoms with Gasteiger partial charge in [-0.1, -0.05) is 6.92 Å². The fourth-order valence-electron chi connectivity index (χ4n) is 1.25. The van der Waals surface area contributed by atoms with E-state index in [-0.39, 0.29) is 19.2 Å². The van der Waals surface area contributed by atoms with E-state index in [2.05, 4.69) is 4.18 Å². The summed E-state index contributed by atoms with van der Waals surface area (Å²) in [6.45, 7) is 3.00. The molecule has 6 nitrogen and oxygen atoms in total. The third kappa shape index (κ3) is 4.02. The first-order valence-corrected chi connectivity index (χ1v) is 7.13. The van der Waals surface area contributed by atoms with E-state index in [1.165, 1.54) is 0 Å². The fraction of sp³-hybridized carbons (Fsp3) is 0.700. The van der Waals surface area contributed by atoms with Gasteiger partial charge in [0.25, 0.3) is 0 Å². The molecule has 0 fully saturated rings. The van der Waals surface area contributed by atoms with Crippen LogP contribution in [-0.4, -0.2) is 44.1 Å². The van der Waals surface area contributed by atoms with E-state index in [0.717, 1.165) is 11.0 Å². The molecule has 10 heteroatoms. The smallest absolute Gasteiger partial charge is 0.446 e. The molecule has 1 atom stereocenters. The van der Waals surface area contributed by atoms with Gasteiger partial charge in [-0.3, -0.25) is 4.90 Å². The molecule has 0 spiro atoms. The largest absolute Gasteiger partial charge is 0.534 e. The Bertz CT molecular complexity index is 500. The zero-order valence-electron chi connectivity index (χ0n) is 10.8. The number of carbonyl (C=O) groups excluding carboxylic acids is 1. The number of nitrogens with zero attached hydrogens (tertiary/aromatic N) is 1. The lowest BCUT2D eigenvalue weighted by Crippen LogP contribution is -2.33. The number of rotatable bonds is 4. The Morgan fingerprint density at radius 3 is 2.60 bits per heavy atom. The van der Waals surface area contributed by atoms with Crippen LogP contribution in [0.3, 0.4) is 0 Å². The van der Waals surface area contributed by atoms with Crippen molar-refractivity contribution in [3.63, 3.8) is 0 Å². The predicted octanol–water partition coefficient (Wildman–Crippen LogP) is 1.99. The van der Waals surface area contributed by atoms with E-state index in [9.17, 15) is 26.4 Å². The summed E-state index contributed by atoms with van der Waals surface area (Å²) >= 11 is 0. The SMILES string of the molecule is CCC(C)OC(=O)N1CC=C(OS(=O)(=O)C(F)(F)F)C1. The van der Waals surface area contributed by atoms with Crippen LogP contribution in [0.25, 0.3) is 0 Å². The maximum atomic E-state index is 12.1. The molecule has 0 aromatic heterocycles. The van der Waals surface area contributed by atoms with Crippen LogP contribution < -0.4 is 0 Å². The summed E-state index contributed by atoms with van der Waals surface area (Å²) in [6.07, 6.45) is 0.588. The number of halogens is 3. The van der Waals surface area contributed by atoms with Gasteiger partial charge in [0.2, 0.25) is 0 Å². The topological polar surface area (TPSA) is 72.9 Å². The van der Waals surface area contributed by atoms with Crippen LogP contribution in [0.4, 0.5) is 18.0 Å². The number of hydrogen-bond donors (Lipinski definition) is 0.